The van der Waals surface area contributed by atoms with Crippen molar-refractivity contribution in [1.29, 1.82) is 10.5 Å². The summed E-state index contributed by atoms with van der Waals surface area (Å²) >= 11 is 2.82. The number of thioether (sulfide) groups is 1. The summed E-state index contributed by atoms with van der Waals surface area (Å²) in [7, 11) is 0. The van der Waals surface area contributed by atoms with Crippen molar-refractivity contribution >= 4 is 39.7 Å². The SMILES string of the molecule is CCc1ccccc1Nc1nc(CSc2nc(N)c(C#N)c(-c3ccc(OCC(O)CO)cc3)c2C#N)cs1. The molecule has 0 aliphatic rings. The number of rotatable bonds is 11. The van der Waals surface area contributed by atoms with Crippen LogP contribution in [0.4, 0.5) is 16.6 Å². The molecule has 11 heteroatoms. The first-order valence-corrected chi connectivity index (χ1v) is 13.9. The number of nitrogen functional groups attached to an aromatic ring is 1. The van der Waals surface area contributed by atoms with Crippen LogP contribution in [0.5, 0.6) is 5.75 Å². The van der Waals surface area contributed by atoms with Crippen LogP contribution in [-0.2, 0) is 12.2 Å². The Morgan fingerprint density at radius 3 is 2.54 bits per heavy atom. The van der Waals surface area contributed by atoms with E-state index in [1.807, 2.05) is 23.6 Å². The molecular weight excluding hydrogens is 532 g/mol. The average molecular weight is 559 g/mol. The van der Waals surface area contributed by atoms with Gasteiger partial charge < -0.3 is 26.0 Å². The van der Waals surface area contributed by atoms with Gasteiger partial charge in [-0.3, -0.25) is 0 Å². The van der Waals surface area contributed by atoms with Gasteiger partial charge in [-0.1, -0.05) is 49.0 Å². The molecule has 0 spiro atoms. The number of nitrogens with one attached hydrogen (secondary N) is 1. The number of hydrogen-bond acceptors (Lipinski definition) is 11. The van der Waals surface area contributed by atoms with Gasteiger partial charge in [-0.25, -0.2) is 9.97 Å². The number of aliphatic hydroxyl groups is 2. The van der Waals surface area contributed by atoms with Crippen LogP contribution in [0, 0.1) is 22.7 Å². The van der Waals surface area contributed by atoms with Crippen LogP contribution in [0.2, 0.25) is 0 Å². The summed E-state index contributed by atoms with van der Waals surface area (Å²) in [5, 5.41) is 44.8. The summed E-state index contributed by atoms with van der Waals surface area (Å²) < 4.78 is 5.46. The highest BCUT2D eigenvalue weighted by Gasteiger charge is 2.21. The van der Waals surface area contributed by atoms with Gasteiger partial charge in [0.1, 0.15) is 47.0 Å². The lowest BCUT2D eigenvalue weighted by molar-refractivity contribution is 0.0536. The van der Waals surface area contributed by atoms with Crippen molar-refractivity contribution in [1.82, 2.24) is 9.97 Å². The van der Waals surface area contributed by atoms with E-state index in [0.717, 1.165) is 22.9 Å². The summed E-state index contributed by atoms with van der Waals surface area (Å²) in [5.74, 6) is 0.964. The molecular formula is C28H26N6O3S2. The number of aliphatic hydroxyl groups excluding tert-OH is 2. The third-order valence-electron chi connectivity index (χ3n) is 5.76. The Hall–Kier alpha value is -4.13. The highest BCUT2D eigenvalue weighted by atomic mass is 32.2. The third kappa shape index (κ3) is 6.66. The van der Waals surface area contributed by atoms with Crippen LogP contribution in [0.15, 0.2) is 58.9 Å². The number of benzene rings is 2. The Bertz CT molecular complexity index is 1530. The molecule has 0 fully saturated rings. The first kappa shape index (κ1) is 27.9. The van der Waals surface area contributed by atoms with E-state index < -0.39 is 12.7 Å². The van der Waals surface area contributed by atoms with Crippen molar-refractivity contribution in [3.05, 3.63) is 76.3 Å². The molecule has 0 aliphatic carbocycles. The molecule has 4 aromatic rings. The van der Waals surface area contributed by atoms with Crippen molar-refractivity contribution in [2.24, 2.45) is 0 Å². The molecule has 2 heterocycles. The van der Waals surface area contributed by atoms with Crippen molar-refractivity contribution in [3.8, 4) is 29.0 Å². The Balaban J connectivity index is 1.56. The van der Waals surface area contributed by atoms with E-state index in [4.69, 9.17) is 15.6 Å². The normalized spacial score (nSPS) is 11.4. The molecule has 39 heavy (non-hydrogen) atoms. The zero-order chi connectivity index (χ0) is 27.8. The van der Waals surface area contributed by atoms with E-state index in [1.165, 1.54) is 28.7 Å². The maximum absolute atomic E-state index is 10.1. The minimum Gasteiger partial charge on any atom is -0.491 e. The number of nitrogens with two attached hydrogens (primary N) is 1. The first-order chi connectivity index (χ1) is 19.0. The molecule has 2 aromatic carbocycles. The molecule has 0 saturated heterocycles. The van der Waals surface area contributed by atoms with Gasteiger partial charge >= 0.3 is 0 Å². The van der Waals surface area contributed by atoms with Gasteiger partial charge in [-0.05, 0) is 35.7 Å². The molecule has 2 aromatic heterocycles. The fourth-order valence-corrected chi connectivity index (χ4v) is 5.51. The Morgan fingerprint density at radius 1 is 1.10 bits per heavy atom. The smallest absolute Gasteiger partial charge is 0.187 e. The number of hydrogen-bond donors (Lipinski definition) is 4. The molecule has 0 saturated carbocycles. The summed E-state index contributed by atoms with van der Waals surface area (Å²) in [4.78, 5) is 9.05. The van der Waals surface area contributed by atoms with Crippen molar-refractivity contribution in [2.75, 3.05) is 24.3 Å². The van der Waals surface area contributed by atoms with E-state index in [1.54, 1.807) is 24.3 Å². The number of nitriles is 2. The third-order valence-corrected chi connectivity index (χ3v) is 7.58. The van der Waals surface area contributed by atoms with Crippen LogP contribution < -0.4 is 15.8 Å². The molecule has 9 nitrogen and oxygen atoms in total. The monoisotopic (exact) mass is 558 g/mol. The van der Waals surface area contributed by atoms with Crippen LogP contribution in [-0.4, -0.2) is 39.5 Å². The minimum atomic E-state index is -0.989. The van der Waals surface area contributed by atoms with Crippen LogP contribution in [0.25, 0.3) is 11.1 Å². The quantitative estimate of drug-likeness (QED) is 0.187. The number of para-hydroxylation sites is 1. The average Bonchev–Trinajstić information content (AvgIpc) is 3.42. The van der Waals surface area contributed by atoms with E-state index in [2.05, 4.69) is 40.4 Å². The number of pyridine rings is 1. The maximum atomic E-state index is 10.1. The zero-order valence-electron chi connectivity index (χ0n) is 21.1. The second kappa shape index (κ2) is 13.1. The van der Waals surface area contributed by atoms with E-state index in [9.17, 15) is 15.6 Å². The van der Waals surface area contributed by atoms with Gasteiger partial charge in [0.15, 0.2) is 5.13 Å². The Labute approximate surface area is 234 Å². The van der Waals surface area contributed by atoms with Crippen molar-refractivity contribution in [3.63, 3.8) is 0 Å². The molecule has 0 amide bonds. The maximum Gasteiger partial charge on any atom is 0.187 e. The predicted octanol–water partition coefficient (Wildman–Crippen LogP) is 4.86. The molecule has 0 bridgehead atoms. The number of ether oxygens (including phenoxy) is 1. The van der Waals surface area contributed by atoms with Gasteiger partial charge in [-0.15, -0.1) is 11.3 Å². The molecule has 4 rings (SSSR count). The lowest BCUT2D eigenvalue weighted by Gasteiger charge is -2.14. The van der Waals surface area contributed by atoms with Crippen LogP contribution >= 0.6 is 23.1 Å². The Morgan fingerprint density at radius 2 is 1.85 bits per heavy atom. The highest BCUT2D eigenvalue weighted by Crippen LogP contribution is 2.37. The summed E-state index contributed by atoms with van der Waals surface area (Å²) in [6.07, 6.45) is -0.0818. The number of aromatic nitrogens is 2. The van der Waals surface area contributed by atoms with Gasteiger partial charge in [0.05, 0.1) is 17.9 Å². The number of anilines is 3. The van der Waals surface area contributed by atoms with Gasteiger partial charge in [0.25, 0.3) is 0 Å². The standard InChI is InChI=1S/C28H26N6O3S2/c1-2-17-5-3-4-6-24(17)33-28-32-19(16-39-28)15-38-27-23(12-30)25(22(11-29)26(31)34-27)18-7-9-21(10-8-18)37-14-20(36)13-35/h3-10,16,20,35-36H,2,13-15H2,1H3,(H2,31,34)(H,32,33). The molecule has 1 unspecified atom stereocenters. The number of thiazole rings is 1. The van der Waals surface area contributed by atoms with E-state index in [0.29, 0.717) is 27.7 Å². The topological polar surface area (TPSA) is 161 Å². The fraction of sp³-hybridized carbons (Fsp3) is 0.214. The molecule has 1 atom stereocenters. The predicted molar refractivity (Wildman–Crippen MR) is 153 cm³/mol. The van der Waals surface area contributed by atoms with Crippen LogP contribution in [0.1, 0.15) is 29.3 Å². The van der Waals surface area contributed by atoms with Crippen molar-refractivity contribution in [2.45, 2.75) is 30.2 Å². The molecule has 0 aliphatic heterocycles. The van der Waals surface area contributed by atoms with E-state index in [-0.39, 0.29) is 23.6 Å². The van der Waals surface area contributed by atoms with Gasteiger partial charge in [0.2, 0.25) is 0 Å². The summed E-state index contributed by atoms with van der Waals surface area (Å²) in [6.45, 7) is 1.64. The number of nitrogens with zero attached hydrogens (tertiary/aromatic N) is 4. The summed E-state index contributed by atoms with van der Waals surface area (Å²) in [6, 6.07) is 19.1. The first-order valence-electron chi connectivity index (χ1n) is 12.0. The van der Waals surface area contributed by atoms with Gasteiger partial charge in [-0.2, -0.15) is 10.5 Å². The Kier molecular flexibility index (Phi) is 9.36. The van der Waals surface area contributed by atoms with Crippen LogP contribution in [0.3, 0.4) is 0 Å². The fourth-order valence-electron chi connectivity index (χ4n) is 3.79. The second-order valence-corrected chi connectivity index (χ2v) is 10.2. The summed E-state index contributed by atoms with van der Waals surface area (Å²) in [5.41, 5.74) is 10.6. The van der Waals surface area contributed by atoms with Gasteiger partial charge in [0, 0.05) is 22.4 Å². The van der Waals surface area contributed by atoms with E-state index >= 15 is 0 Å². The zero-order valence-corrected chi connectivity index (χ0v) is 22.7. The lowest BCUT2D eigenvalue weighted by Crippen LogP contribution is -2.21. The molecule has 0 radical (unpaired) electrons. The second-order valence-electron chi connectivity index (χ2n) is 8.39. The highest BCUT2D eigenvalue weighted by molar-refractivity contribution is 7.98. The molecule has 198 valence electrons. The lowest BCUT2D eigenvalue weighted by atomic mass is 9.97. The molecule has 5 N–H and O–H groups in total. The minimum absolute atomic E-state index is 0.0391. The van der Waals surface area contributed by atoms with Crippen molar-refractivity contribution < 1.29 is 14.9 Å². The largest absolute Gasteiger partial charge is 0.491 e. The number of aryl methyl sites for hydroxylation is 1.